The molecule has 3 heteroatoms. The summed E-state index contributed by atoms with van der Waals surface area (Å²) in [6.07, 6.45) is 2.45. The van der Waals surface area contributed by atoms with Crippen molar-refractivity contribution in [1.82, 2.24) is 0 Å². The second kappa shape index (κ2) is 15.6. The van der Waals surface area contributed by atoms with Crippen LogP contribution >= 0.6 is 11.3 Å². The maximum atomic E-state index is 6.68. The zero-order chi connectivity index (χ0) is 44.8. The van der Waals surface area contributed by atoms with Gasteiger partial charge in [-0.1, -0.05) is 152 Å². The fourth-order valence-electron chi connectivity index (χ4n) is 10.6. The zero-order valence-corrected chi connectivity index (χ0v) is 39.7. The number of thiophene rings is 1. The van der Waals surface area contributed by atoms with Crippen LogP contribution < -0.4 is 4.90 Å². The van der Waals surface area contributed by atoms with Crippen LogP contribution in [0.5, 0.6) is 0 Å². The van der Waals surface area contributed by atoms with E-state index >= 15 is 0 Å². The number of nitrogens with zero attached hydrogens (tertiary/aromatic N) is 1. The van der Waals surface area contributed by atoms with Crippen LogP contribution in [0, 0.1) is 0 Å². The van der Waals surface area contributed by atoms with Crippen LogP contribution in [0.25, 0.3) is 75.5 Å². The molecule has 0 saturated heterocycles. The number of hydrogen-bond donors (Lipinski definition) is 0. The highest BCUT2D eigenvalue weighted by Gasteiger charge is 2.37. The molecule has 0 amide bonds. The van der Waals surface area contributed by atoms with Gasteiger partial charge in [-0.2, -0.15) is 0 Å². The second-order valence-electron chi connectivity index (χ2n) is 20.4. The minimum Gasteiger partial charge on any atom is -0.456 e. The fourth-order valence-corrected chi connectivity index (χ4v) is 11.9. The molecule has 11 rings (SSSR count). The standard InChI is InChI=1S/C62H57NOS/c1-38(2)51-34-53-49-30-29-47(33-57(49)64-58(53)36-52(51)39(3)4)63(45-25-21-42(22-26-45)40-13-10-9-11-14-40)46-27-23-43(24-28-46)41-17-19-44(20-18-41)48-15-12-16-50-54-35-55-56(37-59(54)65-60(48)50)62(7,8)32-31-61(55,5)6/h9-30,33-39H,31-32H2,1-8H3. The van der Waals surface area contributed by atoms with E-state index in [9.17, 15) is 0 Å². The minimum absolute atomic E-state index is 0.186. The van der Waals surface area contributed by atoms with Crippen molar-refractivity contribution in [2.45, 2.75) is 90.9 Å². The van der Waals surface area contributed by atoms with Gasteiger partial charge in [0.2, 0.25) is 0 Å². The van der Waals surface area contributed by atoms with E-state index in [1.807, 2.05) is 11.3 Å². The van der Waals surface area contributed by atoms with Gasteiger partial charge in [0.05, 0.1) is 0 Å². The highest BCUT2D eigenvalue weighted by atomic mass is 32.1. The summed E-state index contributed by atoms with van der Waals surface area (Å²) in [4.78, 5) is 2.34. The van der Waals surface area contributed by atoms with E-state index in [1.165, 1.54) is 94.0 Å². The third kappa shape index (κ3) is 7.16. The van der Waals surface area contributed by atoms with Crippen LogP contribution in [0.1, 0.15) is 102 Å². The highest BCUT2D eigenvalue weighted by molar-refractivity contribution is 7.26. The van der Waals surface area contributed by atoms with Crippen molar-refractivity contribution < 1.29 is 4.42 Å². The molecule has 0 fully saturated rings. The first-order valence-corrected chi connectivity index (χ1v) is 24.3. The van der Waals surface area contributed by atoms with Gasteiger partial charge in [-0.15, -0.1) is 11.3 Å². The van der Waals surface area contributed by atoms with E-state index < -0.39 is 0 Å². The number of furan rings is 1. The third-order valence-electron chi connectivity index (χ3n) is 14.5. The molecule has 65 heavy (non-hydrogen) atoms. The summed E-state index contributed by atoms with van der Waals surface area (Å²) in [6.45, 7) is 18.8. The summed E-state index contributed by atoms with van der Waals surface area (Å²) in [5.41, 5.74) is 18.6. The van der Waals surface area contributed by atoms with E-state index in [0.29, 0.717) is 11.8 Å². The Morgan fingerprint density at radius 2 is 0.969 bits per heavy atom. The van der Waals surface area contributed by atoms with Crippen molar-refractivity contribution in [3.63, 3.8) is 0 Å². The second-order valence-corrected chi connectivity index (χ2v) is 21.4. The van der Waals surface area contributed by atoms with Crippen molar-refractivity contribution in [3.8, 4) is 33.4 Å². The van der Waals surface area contributed by atoms with E-state index in [-0.39, 0.29) is 10.8 Å². The predicted octanol–water partition coefficient (Wildman–Crippen LogP) is 19.0. The summed E-state index contributed by atoms with van der Waals surface area (Å²) >= 11 is 1.95. The summed E-state index contributed by atoms with van der Waals surface area (Å²) in [7, 11) is 0. The Balaban J connectivity index is 0.943. The normalized spacial score (nSPS) is 14.6. The van der Waals surface area contributed by atoms with Crippen molar-refractivity contribution in [1.29, 1.82) is 0 Å². The molecule has 2 aromatic heterocycles. The van der Waals surface area contributed by atoms with Crippen molar-refractivity contribution in [3.05, 3.63) is 186 Å². The van der Waals surface area contributed by atoms with Crippen molar-refractivity contribution >= 4 is 70.5 Å². The Morgan fingerprint density at radius 3 is 1.58 bits per heavy atom. The lowest BCUT2D eigenvalue weighted by Gasteiger charge is -2.41. The molecule has 322 valence electrons. The summed E-state index contributed by atoms with van der Waals surface area (Å²) in [6, 6.07) is 60.9. The van der Waals surface area contributed by atoms with Gasteiger partial charge in [-0.25, -0.2) is 0 Å². The van der Waals surface area contributed by atoms with Gasteiger partial charge in [0.25, 0.3) is 0 Å². The van der Waals surface area contributed by atoms with Crippen LogP contribution in [-0.4, -0.2) is 0 Å². The number of benzene rings is 8. The first-order chi connectivity index (χ1) is 31.3. The van der Waals surface area contributed by atoms with Gasteiger partial charge in [-0.3, -0.25) is 0 Å². The molecule has 0 saturated carbocycles. The Morgan fingerprint density at radius 1 is 0.446 bits per heavy atom. The fraction of sp³-hybridized carbons (Fsp3) is 0.226. The maximum absolute atomic E-state index is 6.68. The lowest BCUT2D eigenvalue weighted by atomic mass is 9.63. The monoisotopic (exact) mass is 863 g/mol. The molecular formula is C62H57NOS. The van der Waals surface area contributed by atoms with Gasteiger partial charge < -0.3 is 9.32 Å². The van der Waals surface area contributed by atoms with E-state index in [4.69, 9.17) is 4.42 Å². The highest BCUT2D eigenvalue weighted by Crippen LogP contribution is 2.50. The molecule has 1 aliphatic rings. The molecule has 0 radical (unpaired) electrons. The lowest BCUT2D eigenvalue weighted by molar-refractivity contribution is 0.332. The van der Waals surface area contributed by atoms with Gasteiger partial charge >= 0.3 is 0 Å². The molecule has 8 aromatic carbocycles. The Hall–Kier alpha value is -6.42. The Labute approximate surface area is 388 Å². The topological polar surface area (TPSA) is 16.4 Å². The summed E-state index contributed by atoms with van der Waals surface area (Å²) in [5, 5.41) is 5.09. The predicted molar refractivity (Wildman–Crippen MR) is 281 cm³/mol. The molecule has 0 aliphatic heterocycles. The van der Waals surface area contributed by atoms with Gasteiger partial charge in [-0.05, 0) is 152 Å². The lowest BCUT2D eigenvalue weighted by Crippen LogP contribution is -2.33. The smallest absolute Gasteiger partial charge is 0.137 e. The molecule has 1 aliphatic carbocycles. The van der Waals surface area contributed by atoms with E-state index in [0.717, 1.165) is 33.6 Å². The van der Waals surface area contributed by atoms with Crippen LogP contribution in [0.4, 0.5) is 17.1 Å². The van der Waals surface area contributed by atoms with Crippen LogP contribution in [0.15, 0.2) is 168 Å². The molecule has 0 spiro atoms. The van der Waals surface area contributed by atoms with Crippen LogP contribution in [0.2, 0.25) is 0 Å². The number of rotatable bonds is 8. The molecule has 10 aromatic rings. The molecule has 0 N–H and O–H groups in total. The zero-order valence-electron chi connectivity index (χ0n) is 38.9. The van der Waals surface area contributed by atoms with Crippen molar-refractivity contribution in [2.24, 2.45) is 0 Å². The third-order valence-corrected chi connectivity index (χ3v) is 15.7. The molecule has 0 unspecified atom stereocenters. The molecule has 2 nitrogen and oxygen atoms in total. The van der Waals surface area contributed by atoms with E-state index in [1.54, 1.807) is 0 Å². The molecule has 0 atom stereocenters. The van der Waals surface area contributed by atoms with Gasteiger partial charge in [0.15, 0.2) is 0 Å². The largest absolute Gasteiger partial charge is 0.456 e. The molecule has 2 heterocycles. The van der Waals surface area contributed by atoms with Gasteiger partial charge in [0.1, 0.15) is 11.2 Å². The average molecular weight is 864 g/mol. The number of hydrogen-bond acceptors (Lipinski definition) is 3. The average Bonchev–Trinajstić information content (AvgIpc) is 3.88. The SMILES string of the molecule is CC(C)c1cc2oc3cc(N(c4ccc(-c5ccccc5)cc4)c4ccc(-c5ccc(-c6cccc7c6sc6cc8c(cc67)C(C)(C)CCC8(C)C)cc5)cc4)ccc3c2cc1C(C)C. The van der Waals surface area contributed by atoms with Crippen LogP contribution in [-0.2, 0) is 10.8 Å². The maximum Gasteiger partial charge on any atom is 0.137 e. The van der Waals surface area contributed by atoms with E-state index in [2.05, 4.69) is 224 Å². The minimum atomic E-state index is 0.186. The summed E-state index contributed by atoms with van der Waals surface area (Å²) in [5.74, 6) is 0.856. The number of fused-ring (bicyclic) bond motifs is 7. The molecule has 0 bridgehead atoms. The first-order valence-electron chi connectivity index (χ1n) is 23.5. The number of anilines is 3. The Kier molecular flexibility index (Phi) is 9.93. The molecular weight excluding hydrogens is 807 g/mol. The van der Waals surface area contributed by atoms with Crippen LogP contribution in [0.3, 0.4) is 0 Å². The quantitative estimate of drug-likeness (QED) is 0.151. The first kappa shape index (κ1) is 41.3. The summed E-state index contributed by atoms with van der Waals surface area (Å²) < 4.78 is 9.45. The Bertz CT molecular complexity index is 3400. The van der Waals surface area contributed by atoms with Gasteiger partial charge in [0, 0.05) is 54.1 Å². The van der Waals surface area contributed by atoms with Crippen molar-refractivity contribution in [2.75, 3.05) is 4.90 Å².